The first-order valence-electron chi connectivity index (χ1n) is 7.09. The molecule has 1 amide bonds. The highest BCUT2D eigenvalue weighted by Gasteiger charge is 2.14. The SMILES string of the molecule is CCOCc1ccc(CNC(=O)c2cc(F)c(Cl)cc2Cl)cc1. The molecular weight excluding hydrogens is 340 g/mol. The molecule has 2 aromatic rings. The van der Waals surface area contributed by atoms with Gasteiger partial charge in [-0.05, 0) is 30.2 Å². The van der Waals surface area contributed by atoms with Crippen molar-refractivity contribution >= 4 is 29.1 Å². The van der Waals surface area contributed by atoms with Gasteiger partial charge >= 0.3 is 0 Å². The molecule has 0 bridgehead atoms. The van der Waals surface area contributed by atoms with Gasteiger partial charge in [0, 0.05) is 13.2 Å². The Balaban J connectivity index is 1.98. The molecule has 0 saturated carbocycles. The number of rotatable bonds is 6. The number of amides is 1. The molecule has 0 fully saturated rings. The maximum Gasteiger partial charge on any atom is 0.253 e. The van der Waals surface area contributed by atoms with Gasteiger partial charge < -0.3 is 10.1 Å². The Morgan fingerprint density at radius 1 is 1.13 bits per heavy atom. The highest BCUT2D eigenvalue weighted by Crippen LogP contribution is 2.24. The van der Waals surface area contributed by atoms with E-state index in [9.17, 15) is 9.18 Å². The van der Waals surface area contributed by atoms with E-state index < -0.39 is 11.7 Å². The van der Waals surface area contributed by atoms with Gasteiger partial charge in [-0.25, -0.2) is 4.39 Å². The van der Waals surface area contributed by atoms with Crippen LogP contribution in [0.15, 0.2) is 36.4 Å². The Kier molecular flexibility index (Phi) is 6.39. The first-order valence-corrected chi connectivity index (χ1v) is 7.85. The normalized spacial score (nSPS) is 10.6. The van der Waals surface area contributed by atoms with Crippen LogP contribution in [0, 0.1) is 5.82 Å². The molecule has 0 aromatic heterocycles. The second-order valence-corrected chi connectivity index (χ2v) is 5.70. The van der Waals surface area contributed by atoms with Crippen molar-refractivity contribution in [2.24, 2.45) is 0 Å². The van der Waals surface area contributed by atoms with E-state index >= 15 is 0 Å². The van der Waals surface area contributed by atoms with E-state index in [4.69, 9.17) is 27.9 Å². The van der Waals surface area contributed by atoms with E-state index in [1.54, 1.807) is 0 Å². The minimum Gasteiger partial charge on any atom is -0.377 e. The molecule has 2 aromatic carbocycles. The van der Waals surface area contributed by atoms with E-state index in [2.05, 4.69) is 5.32 Å². The van der Waals surface area contributed by atoms with E-state index in [0.29, 0.717) is 19.8 Å². The summed E-state index contributed by atoms with van der Waals surface area (Å²) in [6.45, 7) is 3.47. The number of hydrogen-bond acceptors (Lipinski definition) is 2. The summed E-state index contributed by atoms with van der Waals surface area (Å²) in [5.74, 6) is -1.13. The Labute approximate surface area is 144 Å². The molecule has 0 spiro atoms. The molecule has 0 saturated heterocycles. The average molecular weight is 356 g/mol. The van der Waals surface area contributed by atoms with Crippen LogP contribution in [0.1, 0.15) is 28.4 Å². The average Bonchev–Trinajstić information content (AvgIpc) is 2.55. The second kappa shape index (κ2) is 8.29. The van der Waals surface area contributed by atoms with Crippen LogP contribution < -0.4 is 5.32 Å². The zero-order chi connectivity index (χ0) is 16.8. The minimum atomic E-state index is -0.679. The van der Waals surface area contributed by atoms with Gasteiger partial charge in [-0.3, -0.25) is 4.79 Å². The summed E-state index contributed by atoms with van der Waals surface area (Å²) in [6, 6.07) is 9.93. The van der Waals surface area contributed by atoms with E-state index in [1.807, 2.05) is 31.2 Å². The quantitative estimate of drug-likeness (QED) is 0.769. The van der Waals surface area contributed by atoms with E-state index in [-0.39, 0.29) is 15.6 Å². The van der Waals surface area contributed by atoms with Crippen molar-refractivity contribution in [2.45, 2.75) is 20.1 Å². The fourth-order valence-corrected chi connectivity index (χ4v) is 2.42. The molecule has 0 unspecified atom stereocenters. The van der Waals surface area contributed by atoms with Crippen molar-refractivity contribution in [3.63, 3.8) is 0 Å². The number of ether oxygens (including phenoxy) is 1. The maximum absolute atomic E-state index is 13.4. The summed E-state index contributed by atoms with van der Waals surface area (Å²) in [4.78, 5) is 12.1. The van der Waals surface area contributed by atoms with Crippen LogP contribution in [-0.2, 0) is 17.9 Å². The summed E-state index contributed by atoms with van der Waals surface area (Å²) < 4.78 is 18.8. The summed E-state index contributed by atoms with van der Waals surface area (Å²) in [7, 11) is 0. The molecule has 0 aliphatic carbocycles. The number of hydrogen-bond donors (Lipinski definition) is 1. The van der Waals surface area contributed by atoms with Crippen LogP contribution in [0.3, 0.4) is 0 Å². The van der Waals surface area contributed by atoms with Crippen molar-refractivity contribution in [1.29, 1.82) is 0 Å². The topological polar surface area (TPSA) is 38.3 Å². The van der Waals surface area contributed by atoms with E-state index in [1.165, 1.54) is 6.07 Å². The van der Waals surface area contributed by atoms with Crippen molar-refractivity contribution in [3.8, 4) is 0 Å². The monoisotopic (exact) mass is 355 g/mol. The fraction of sp³-hybridized carbons (Fsp3) is 0.235. The molecule has 0 radical (unpaired) electrons. The van der Waals surface area contributed by atoms with Crippen LogP contribution in [-0.4, -0.2) is 12.5 Å². The molecule has 1 N–H and O–H groups in total. The third kappa shape index (κ3) is 4.93. The van der Waals surface area contributed by atoms with Gasteiger partial charge in [-0.15, -0.1) is 0 Å². The number of benzene rings is 2. The molecule has 0 aliphatic heterocycles. The molecule has 6 heteroatoms. The summed E-state index contributed by atoms with van der Waals surface area (Å²) in [5.41, 5.74) is 2.04. The van der Waals surface area contributed by atoms with Crippen LogP contribution >= 0.6 is 23.2 Å². The lowest BCUT2D eigenvalue weighted by Gasteiger charge is -2.09. The number of carbonyl (C=O) groups excluding carboxylic acids is 1. The molecule has 0 aliphatic rings. The third-order valence-corrected chi connectivity index (χ3v) is 3.81. The van der Waals surface area contributed by atoms with Gasteiger partial charge in [0.25, 0.3) is 5.91 Å². The Hall–Kier alpha value is -1.62. The molecule has 0 atom stereocenters. The molecule has 3 nitrogen and oxygen atoms in total. The van der Waals surface area contributed by atoms with Crippen LogP contribution in [0.5, 0.6) is 0 Å². The summed E-state index contributed by atoms with van der Waals surface area (Å²) in [6.07, 6.45) is 0. The fourth-order valence-electron chi connectivity index (χ4n) is 1.95. The predicted molar refractivity (Wildman–Crippen MR) is 89.4 cm³/mol. The molecular formula is C17H16Cl2FNO2. The zero-order valence-corrected chi connectivity index (χ0v) is 14.0. The third-order valence-electron chi connectivity index (χ3n) is 3.20. The standard InChI is InChI=1S/C17H16Cl2FNO2/c1-2-23-10-12-5-3-11(4-6-12)9-21-17(22)13-7-16(20)15(19)8-14(13)18/h3-8H,2,9-10H2,1H3,(H,21,22). The molecule has 122 valence electrons. The van der Waals surface area contributed by atoms with Crippen molar-refractivity contribution in [3.05, 3.63) is 69.0 Å². The number of carbonyl (C=O) groups is 1. The van der Waals surface area contributed by atoms with Crippen LogP contribution in [0.4, 0.5) is 4.39 Å². The lowest BCUT2D eigenvalue weighted by molar-refractivity contribution is 0.0950. The largest absolute Gasteiger partial charge is 0.377 e. The molecule has 23 heavy (non-hydrogen) atoms. The molecule has 0 heterocycles. The van der Waals surface area contributed by atoms with Gasteiger partial charge in [-0.1, -0.05) is 47.5 Å². The zero-order valence-electron chi connectivity index (χ0n) is 12.5. The summed E-state index contributed by atoms with van der Waals surface area (Å²) >= 11 is 11.5. The smallest absolute Gasteiger partial charge is 0.253 e. The Morgan fingerprint density at radius 3 is 2.43 bits per heavy atom. The maximum atomic E-state index is 13.4. The van der Waals surface area contributed by atoms with Crippen LogP contribution in [0.25, 0.3) is 0 Å². The van der Waals surface area contributed by atoms with Crippen molar-refractivity contribution in [1.82, 2.24) is 5.32 Å². The number of halogens is 3. The van der Waals surface area contributed by atoms with Gasteiger partial charge in [0.15, 0.2) is 0 Å². The van der Waals surface area contributed by atoms with Crippen LogP contribution in [0.2, 0.25) is 10.0 Å². The summed E-state index contributed by atoms with van der Waals surface area (Å²) in [5, 5.41) is 2.70. The van der Waals surface area contributed by atoms with Gasteiger partial charge in [0.1, 0.15) is 5.82 Å². The Morgan fingerprint density at radius 2 is 1.78 bits per heavy atom. The van der Waals surface area contributed by atoms with Gasteiger partial charge in [-0.2, -0.15) is 0 Å². The van der Waals surface area contributed by atoms with Gasteiger partial charge in [0.05, 0.1) is 22.2 Å². The van der Waals surface area contributed by atoms with Gasteiger partial charge in [0.2, 0.25) is 0 Å². The Bertz CT molecular complexity index is 690. The number of nitrogens with one attached hydrogen (secondary N) is 1. The second-order valence-electron chi connectivity index (χ2n) is 4.88. The van der Waals surface area contributed by atoms with E-state index in [0.717, 1.165) is 17.2 Å². The van der Waals surface area contributed by atoms with Crippen molar-refractivity contribution in [2.75, 3.05) is 6.61 Å². The molecule has 2 rings (SSSR count). The lowest BCUT2D eigenvalue weighted by Crippen LogP contribution is -2.23. The first-order chi connectivity index (χ1) is 11.0. The predicted octanol–water partition coefficient (Wildman–Crippen LogP) is 4.60. The highest BCUT2D eigenvalue weighted by molar-refractivity contribution is 6.36. The highest BCUT2D eigenvalue weighted by atomic mass is 35.5. The van der Waals surface area contributed by atoms with Crippen molar-refractivity contribution < 1.29 is 13.9 Å². The first kappa shape index (κ1) is 17.7. The lowest BCUT2D eigenvalue weighted by atomic mass is 10.1. The minimum absolute atomic E-state index is 0.0570.